The zero-order valence-corrected chi connectivity index (χ0v) is 18.9. The van der Waals surface area contributed by atoms with E-state index in [1.54, 1.807) is 0 Å². The number of benzene rings is 3. The van der Waals surface area contributed by atoms with Crippen LogP contribution >= 0.6 is 0 Å². The van der Waals surface area contributed by atoms with E-state index >= 15 is 0 Å². The number of hydrazine groups is 1. The molecule has 0 spiro atoms. The summed E-state index contributed by atoms with van der Waals surface area (Å²) in [4.78, 5) is 0. The summed E-state index contributed by atoms with van der Waals surface area (Å²) >= 11 is 0. The number of aromatic hydroxyl groups is 1. The van der Waals surface area contributed by atoms with Crippen LogP contribution in [0.1, 0.15) is 33.5 Å². The van der Waals surface area contributed by atoms with Gasteiger partial charge in [-0.1, -0.05) is 60.7 Å². The molecule has 3 N–H and O–H groups in total. The zero-order chi connectivity index (χ0) is 22.5. The number of nitrogens with one attached hydrogen (secondary N) is 2. The van der Waals surface area contributed by atoms with Crippen molar-refractivity contribution in [2.24, 2.45) is 0 Å². The summed E-state index contributed by atoms with van der Waals surface area (Å²) in [5.74, 6) is 0.278. The van der Waals surface area contributed by atoms with Crippen LogP contribution in [-0.4, -0.2) is 14.9 Å². The first-order valence-corrected chi connectivity index (χ1v) is 11.0. The van der Waals surface area contributed by atoms with Crippen LogP contribution in [0.15, 0.2) is 72.9 Å². The van der Waals surface area contributed by atoms with Crippen molar-refractivity contribution in [3.05, 3.63) is 106 Å². The number of aryl methyl sites for hydroxylation is 4. The minimum atomic E-state index is 0.278. The van der Waals surface area contributed by atoms with Gasteiger partial charge in [-0.25, -0.2) is 0 Å². The fraction of sp³-hybridized carbons (Fsp3) is 0.222. The molecule has 0 saturated heterocycles. The quantitative estimate of drug-likeness (QED) is 0.247. The molecule has 4 aromatic rings. The van der Waals surface area contributed by atoms with Crippen molar-refractivity contribution in [1.82, 2.24) is 9.78 Å². The molecular weight excluding hydrogens is 396 g/mol. The Hall–Kier alpha value is -3.73. The fourth-order valence-electron chi connectivity index (χ4n) is 4.02. The van der Waals surface area contributed by atoms with Crippen LogP contribution in [0.2, 0.25) is 0 Å². The summed E-state index contributed by atoms with van der Waals surface area (Å²) in [5.41, 5.74) is 14.8. The average molecular weight is 427 g/mol. The van der Waals surface area contributed by atoms with Crippen LogP contribution in [0.5, 0.6) is 5.75 Å². The maximum absolute atomic E-state index is 10.8. The minimum Gasteiger partial charge on any atom is -0.505 e. The monoisotopic (exact) mass is 426 g/mol. The first kappa shape index (κ1) is 21.5. The first-order chi connectivity index (χ1) is 15.5. The third-order valence-corrected chi connectivity index (χ3v) is 5.87. The van der Waals surface area contributed by atoms with Crippen LogP contribution in [0.3, 0.4) is 0 Å². The Morgan fingerprint density at radius 1 is 0.781 bits per heavy atom. The summed E-state index contributed by atoms with van der Waals surface area (Å²) in [6.45, 7) is 6.96. The lowest BCUT2D eigenvalue weighted by Gasteiger charge is -2.14. The van der Waals surface area contributed by atoms with Crippen molar-refractivity contribution in [3.8, 4) is 5.75 Å². The van der Waals surface area contributed by atoms with Crippen LogP contribution in [0, 0.1) is 20.8 Å². The molecule has 0 amide bonds. The first-order valence-electron chi connectivity index (χ1n) is 11.0. The maximum atomic E-state index is 10.8. The van der Waals surface area contributed by atoms with E-state index in [4.69, 9.17) is 0 Å². The minimum absolute atomic E-state index is 0.278. The molecule has 0 aliphatic heterocycles. The molecule has 0 aliphatic rings. The van der Waals surface area contributed by atoms with Gasteiger partial charge in [0.25, 0.3) is 0 Å². The van der Waals surface area contributed by atoms with E-state index in [1.807, 2.05) is 54.2 Å². The summed E-state index contributed by atoms with van der Waals surface area (Å²) in [5, 5.41) is 15.4. The van der Waals surface area contributed by atoms with Gasteiger partial charge in [-0.3, -0.25) is 15.5 Å². The summed E-state index contributed by atoms with van der Waals surface area (Å²) in [6.07, 6.45) is 3.65. The lowest BCUT2D eigenvalue weighted by molar-refractivity contribution is 0.470. The molecule has 3 aromatic carbocycles. The third-order valence-electron chi connectivity index (χ3n) is 5.87. The standard InChI is InChI=1S/C27H30N4O/c1-19-9-7-10-20(2)24(19)16-15-23-13-8-14-25(27(23)32)28-29-26-18-31(30-21(26)3)17-22-11-5-4-6-12-22/h4-14,18,28-29,32H,15-17H2,1-3H3. The Kier molecular flexibility index (Phi) is 6.45. The predicted octanol–water partition coefficient (Wildman–Crippen LogP) is 5.79. The molecule has 1 aromatic heterocycles. The smallest absolute Gasteiger partial charge is 0.143 e. The molecule has 0 aliphatic carbocycles. The van der Waals surface area contributed by atoms with Gasteiger partial charge in [0.1, 0.15) is 5.75 Å². The molecule has 0 unspecified atom stereocenters. The summed E-state index contributed by atoms with van der Waals surface area (Å²) < 4.78 is 1.91. The highest BCUT2D eigenvalue weighted by molar-refractivity contribution is 5.63. The van der Waals surface area contributed by atoms with Crippen LogP contribution in [0.4, 0.5) is 11.4 Å². The van der Waals surface area contributed by atoms with Gasteiger partial charge in [0.15, 0.2) is 0 Å². The Morgan fingerprint density at radius 3 is 2.22 bits per heavy atom. The largest absolute Gasteiger partial charge is 0.505 e. The molecule has 4 rings (SSSR count). The van der Waals surface area contributed by atoms with E-state index < -0.39 is 0 Å². The number of anilines is 2. The SMILES string of the molecule is Cc1cccc(C)c1CCc1cccc(NNc2cn(Cc3ccccc3)nc2C)c1O. The van der Waals surface area contributed by atoms with Crippen molar-refractivity contribution in [1.29, 1.82) is 0 Å². The van der Waals surface area contributed by atoms with Crippen LogP contribution < -0.4 is 10.9 Å². The number of hydrogen-bond donors (Lipinski definition) is 3. The third kappa shape index (κ3) is 4.94. The zero-order valence-electron chi connectivity index (χ0n) is 18.9. The van der Waals surface area contributed by atoms with Crippen molar-refractivity contribution in [2.45, 2.75) is 40.2 Å². The number of aromatic nitrogens is 2. The van der Waals surface area contributed by atoms with Gasteiger partial charge in [0.05, 0.1) is 29.8 Å². The van der Waals surface area contributed by atoms with Gasteiger partial charge in [-0.2, -0.15) is 5.10 Å². The summed E-state index contributed by atoms with van der Waals surface area (Å²) in [6, 6.07) is 22.4. The predicted molar refractivity (Wildman–Crippen MR) is 131 cm³/mol. The molecule has 5 heteroatoms. The molecule has 32 heavy (non-hydrogen) atoms. The van der Waals surface area contributed by atoms with Gasteiger partial charge >= 0.3 is 0 Å². The van der Waals surface area contributed by atoms with Crippen molar-refractivity contribution < 1.29 is 5.11 Å². The van der Waals surface area contributed by atoms with E-state index in [0.29, 0.717) is 12.2 Å². The lowest BCUT2D eigenvalue weighted by Crippen LogP contribution is -2.09. The Labute approximate surface area is 189 Å². The Balaban J connectivity index is 1.42. The van der Waals surface area contributed by atoms with Gasteiger partial charge in [0.2, 0.25) is 0 Å². The highest BCUT2D eigenvalue weighted by Gasteiger charge is 2.11. The molecule has 0 fully saturated rings. The van der Waals surface area contributed by atoms with E-state index in [-0.39, 0.29) is 5.75 Å². The highest BCUT2D eigenvalue weighted by atomic mass is 16.3. The van der Waals surface area contributed by atoms with Crippen molar-refractivity contribution in [3.63, 3.8) is 0 Å². The van der Waals surface area contributed by atoms with Crippen LogP contribution in [0.25, 0.3) is 0 Å². The molecule has 164 valence electrons. The Morgan fingerprint density at radius 2 is 1.47 bits per heavy atom. The van der Waals surface area contributed by atoms with Gasteiger partial charge < -0.3 is 5.11 Å². The average Bonchev–Trinajstić information content (AvgIpc) is 3.13. The molecule has 0 radical (unpaired) electrons. The second kappa shape index (κ2) is 9.60. The van der Waals surface area contributed by atoms with Gasteiger partial charge in [-0.05, 0) is 67.5 Å². The number of phenols is 1. The molecule has 0 atom stereocenters. The Bertz CT molecular complexity index is 1180. The van der Waals surface area contributed by atoms with Crippen molar-refractivity contribution >= 4 is 11.4 Å². The second-order valence-corrected chi connectivity index (χ2v) is 8.25. The number of hydrogen-bond acceptors (Lipinski definition) is 4. The van der Waals surface area contributed by atoms with Crippen LogP contribution in [-0.2, 0) is 19.4 Å². The molecule has 0 saturated carbocycles. The molecule has 0 bridgehead atoms. The maximum Gasteiger partial charge on any atom is 0.143 e. The summed E-state index contributed by atoms with van der Waals surface area (Å²) in [7, 11) is 0. The molecular formula is C27H30N4O. The highest BCUT2D eigenvalue weighted by Crippen LogP contribution is 2.29. The number of nitrogens with zero attached hydrogens (tertiary/aromatic N) is 2. The van der Waals surface area contributed by atoms with Crippen molar-refractivity contribution in [2.75, 3.05) is 10.9 Å². The topological polar surface area (TPSA) is 62.1 Å². The van der Waals surface area contributed by atoms with E-state index in [1.165, 1.54) is 22.3 Å². The molecule has 1 heterocycles. The normalized spacial score (nSPS) is 10.8. The lowest BCUT2D eigenvalue weighted by atomic mass is 9.96. The molecule has 5 nitrogen and oxygen atoms in total. The second-order valence-electron chi connectivity index (χ2n) is 8.25. The van der Waals surface area contributed by atoms with E-state index in [9.17, 15) is 5.11 Å². The van der Waals surface area contributed by atoms with E-state index in [2.05, 4.69) is 60.1 Å². The number of phenolic OH excluding ortho intramolecular Hbond substituents is 1. The number of rotatable bonds is 8. The van der Waals surface area contributed by atoms with Gasteiger partial charge in [0, 0.05) is 0 Å². The van der Waals surface area contributed by atoms with Gasteiger partial charge in [-0.15, -0.1) is 0 Å². The number of para-hydroxylation sites is 1. The van der Waals surface area contributed by atoms with E-state index in [0.717, 1.165) is 29.8 Å². The fourth-order valence-corrected chi connectivity index (χ4v) is 4.02.